The van der Waals surface area contributed by atoms with Gasteiger partial charge in [-0.25, -0.2) is 4.39 Å². The van der Waals surface area contributed by atoms with Gasteiger partial charge in [0.05, 0.1) is 0 Å². The molecule has 28 heavy (non-hydrogen) atoms. The average molecular weight is 394 g/mol. The van der Waals surface area contributed by atoms with Crippen molar-refractivity contribution in [1.82, 2.24) is 24.8 Å². The lowest BCUT2D eigenvalue weighted by Gasteiger charge is -2.30. The van der Waals surface area contributed by atoms with Gasteiger partial charge in [-0.1, -0.05) is 29.5 Å². The Balaban J connectivity index is 1.24. The maximum Gasteiger partial charge on any atom is 0.208 e. The van der Waals surface area contributed by atoms with E-state index in [1.54, 1.807) is 23.5 Å². The SMILES string of the molecule is Fc1ccc(Cc2nnc(N3CCC(c4nnc5ccccn45)CC3)s2)cc1. The van der Waals surface area contributed by atoms with Gasteiger partial charge in [0.15, 0.2) is 5.65 Å². The van der Waals surface area contributed by atoms with Crippen LogP contribution in [0.2, 0.25) is 0 Å². The molecule has 1 aliphatic rings. The van der Waals surface area contributed by atoms with Gasteiger partial charge < -0.3 is 4.90 Å². The molecule has 6 nitrogen and oxygen atoms in total. The summed E-state index contributed by atoms with van der Waals surface area (Å²) in [4.78, 5) is 2.30. The minimum absolute atomic E-state index is 0.218. The quantitative estimate of drug-likeness (QED) is 0.528. The summed E-state index contributed by atoms with van der Waals surface area (Å²) in [5.74, 6) is 1.23. The molecule has 8 heteroatoms. The zero-order valence-corrected chi connectivity index (χ0v) is 16.0. The average Bonchev–Trinajstić information content (AvgIpc) is 3.37. The molecule has 5 rings (SSSR count). The number of rotatable bonds is 4. The number of aromatic nitrogens is 5. The molecule has 4 aromatic rings. The number of pyridine rings is 1. The van der Waals surface area contributed by atoms with Crippen LogP contribution < -0.4 is 4.90 Å². The first-order chi connectivity index (χ1) is 13.8. The lowest BCUT2D eigenvalue weighted by atomic mass is 9.96. The molecule has 0 unspecified atom stereocenters. The van der Waals surface area contributed by atoms with Crippen molar-refractivity contribution >= 4 is 22.1 Å². The van der Waals surface area contributed by atoms with Crippen molar-refractivity contribution in [3.8, 4) is 0 Å². The Morgan fingerprint density at radius 2 is 1.79 bits per heavy atom. The van der Waals surface area contributed by atoms with Crippen molar-refractivity contribution in [3.05, 3.63) is 70.9 Å². The smallest absolute Gasteiger partial charge is 0.208 e. The van der Waals surface area contributed by atoms with Gasteiger partial charge in [0, 0.05) is 31.6 Å². The first-order valence-corrected chi connectivity index (χ1v) is 10.2. The van der Waals surface area contributed by atoms with Crippen LogP contribution in [-0.4, -0.2) is 37.9 Å². The molecule has 3 aromatic heterocycles. The van der Waals surface area contributed by atoms with E-state index in [-0.39, 0.29) is 5.82 Å². The van der Waals surface area contributed by atoms with Gasteiger partial charge in [-0.15, -0.1) is 20.4 Å². The van der Waals surface area contributed by atoms with E-state index in [1.807, 2.05) is 24.4 Å². The van der Waals surface area contributed by atoms with Crippen LogP contribution in [0.5, 0.6) is 0 Å². The number of anilines is 1. The second-order valence-corrected chi connectivity index (χ2v) is 8.07. The summed E-state index contributed by atoms with van der Waals surface area (Å²) in [6, 6.07) is 12.5. The monoisotopic (exact) mass is 394 g/mol. The van der Waals surface area contributed by atoms with E-state index in [9.17, 15) is 4.39 Å². The molecule has 4 heterocycles. The van der Waals surface area contributed by atoms with Crippen molar-refractivity contribution in [2.24, 2.45) is 0 Å². The third-order valence-corrected chi connectivity index (χ3v) is 6.18. The fourth-order valence-electron chi connectivity index (χ4n) is 3.69. The molecule has 1 aliphatic heterocycles. The predicted octanol–water partition coefficient (Wildman–Crippen LogP) is 3.69. The highest BCUT2D eigenvalue weighted by Gasteiger charge is 2.26. The molecule has 0 aliphatic carbocycles. The molecular formula is C20H19FN6S. The molecule has 0 saturated carbocycles. The molecule has 1 aromatic carbocycles. The summed E-state index contributed by atoms with van der Waals surface area (Å²) in [6.45, 7) is 1.86. The molecule has 0 atom stereocenters. The van der Waals surface area contributed by atoms with Crippen LogP contribution >= 0.6 is 11.3 Å². The van der Waals surface area contributed by atoms with Crippen LogP contribution in [0.15, 0.2) is 48.7 Å². The zero-order valence-electron chi connectivity index (χ0n) is 15.2. The molecule has 0 spiro atoms. The summed E-state index contributed by atoms with van der Waals surface area (Å²) in [7, 11) is 0. The number of hydrogen-bond acceptors (Lipinski definition) is 6. The molecule has 1 saturated heterocycles. The Labute approximate surface area is 165 Å². The molecule has 0 bridgehead atoms. The van der Waals surface area contributed by atoms with Crippen LogP contribution in [0.25, 0.3) is 5.65 Å². The van der Waals surface area contributed by atoms with Gasteiger partial charge >= 0.3 is 0 Å². The minimum Gasteiger partial charge on any atom is -0.347 e. The van der Waals surface area contributed by atoms with Crippen molar-refractivity contribution < 1.29 is 4.39 Å². The van der Waals surface area contributed by atoms with Gasteiger partial charge in [-0.3, -0.25) is 4.40 Å². The van der Waals surface area contributed by atoms with E-state index in [2.05, 4.69) is 29.7 Å². The third-order valence-electron chi connectivity index (χ3n) is 5.20. The van der Waals surface area contributed by atoms with E-state index in [1.165, 1.54) is 12.1 Å². The van der Waals surface area contributed by atoms with Crippen molar-refractivity contribution in [3.63, 3.8) is 0 Å². The predicted molar refractivity (Wildman–Crippen MR) is 106 cm³/mol. The largest absolute Gasteiger partial charge is 0.347 e. The van der Waals surface area contributed by atoms with E-state index in [4.69, 9.17) is 0 Å². The Morgan fingerprint density at radius 1 is 0.964 bits per heavy atom. The van der Waals surface area contributed by atoms with Gasteiger partial charge in [0.1, 0.15) is 16.6 Å². The van der Waals surface area contributed by atoms with Crippen LogP contribution in [-0.2, 0) is 6.42 Å². The topological polar surface area (TPSA) is 59.2 Å². The highest BCUT2D eigenvalue weighted by Crippen LogP contribution is 2.31. The fraction of sp³-hybridized carbons (Fsp3) is 0.300. The highest BCUT2D eigenvalue weighted by atomic mass is 32.1. The van der Waals surface area contributed by atoms with E-state index in [0.29, 0.717) is 12.3 Å². The molecule has 0 N–H and O–H groups in total. The highest BCUT2D eigenvalue weighted by molar-refractivity contribution is 7.15. The van der Waals surface area contributed by atoms with Crippen molar-refractivity contribution in [2.45, 2.75) is 25.2 Å². The van der Waals surface area contributed by atoms with Gasteiger partial charge in [-0.2, -0.15) is 0 Å². The zero-order chi connectivity index (χ0) is 18.9. The Kier molecular flexibility index (Phi) is 4.48. The van der Waals surface area contributed by atoms with Crippen LogP contribution in [0.4, 0.5) is 9.52 Å². The maximum absolute atomic E-state index is 13.1. The maximum atomic E-state index is 13.1. The number of nitrogens with zero attached hydrogens (tertiary/aromatic N) is 6. The second-order valence-electron chi connectivity index (χ2n) is 7.03. The molecule has 0 amide bonds. The fourth-order valence-corrected chi connectivity index (χ4v) is 4.61. The molecule has 142 valence electrons. The van der Waals surface area contributed by atoms with Crippen molar-refractivity contribution in [2.75, 3.05) is 18.0 Å². The second kappa shape index (κ2) is 7.27. The van der Waals surface area contributed by atoms with Gasteiger partial charge in [0.2, 0.25) is 5.13 Å². The lowest BCUT2D eigenvalue weighted by molar-refractivity contribution is 0.481. The molecule has 0 radical (unpaired) electrons. The first kappa shape index (κ1) is 17.2. The summed E-state index contributed by atoms with van der Waals surface area (Å²) in [5.41, 5.74) is 1.94. The Morgan fingerprint density at radius 3 is 2.61 bits per heavy atom. The minimum atomic E-state index is -0.218. The summed E-state index contributed by atoms with van der Waals surface area (Å²) in [5, 5.41) is 19.3. The first-order valence-electron chi connectivity index (χ1n) is 9.38. The summed E-state index contributed by atoms with van der Waals surface area (Å²) < 4.78 is 15.1. The Bertz CT molecular complexity index is 1080. The number of fused-ring (bicyclic) bond motifs is 1. The van der Waals surface area contributed by atoms with Gasteiger partial charge in [0.25, 0.3) is 0 Å². The van der Waals surface area contributed by atoms with Gasteiger partial charge in [-0.05, 0) is 42.7 Å². The van der Waals surface area contributed by atoms with E-state index >= 15 is 0 Å². The number of benzene rings is 1. The van der Waals surface area contributed by atoms with Crippen LogP contribution in [0.3, 0.4) is 0 Å². The van der Waals surface area contributed by atoms with Crippen LogP contribution in [0.1, 0.15) is 35.2 Å². The summed E-state index contributed by atoms with van der Waals surface area (Å²) in [6.07, 6.45) is 4.74. The van der Waals surface area contributed by atoms with E-state index in [0.717, 1.165) is 53.1 Å². The Hall–Kier alpha value is -2.87. The number of halogens is 1. The standard InChI is InChI=1S/C20H19FN6S/c21-16-6-4-14(5-7-16)13-18-23-25-20(28-18)26-11-8-15(9-12-26)19-24-22-17-3-1-2-10-27(17)19/h1-7,10,15H,8-9,11-13H2. The van der Waals surface area contributed by atoms with E-state index < -0.39 is 0 Å². The number of hydrogen-bond donors (Lipinski definition) is 0. The molecular weight excluding hydrogens is 375 g/mol. The third kappa shape index (κ3) is 3.35. The normalized spacial score (nSPS) is 15.4. The van der Waals surface area contributed by atoms with Crippen molar-refractivity contribution in [1.29, 1.82) is 0 Å². The summed E-state index contributed by atoms with van der Waals surface area (Å²) >= 11 is 1.62. The lowest BCUT2D eigenvalue weighted by Crippen LogP contribution is -2.33. The number of piperidine rings is 1. The van der Waals surface area contributed by atoms with Crippen LogP contribution in [0, 0.1) is 5.82 Å². The molecule has 1 fully saturated rings.